The standard InChI is InChI=1S/C24H23N5OS.C2H6/c1-17-3-5-20(6-4-17)31-29-16-21(18-13-19(14-25)27(2)15-18)23-22(7-8-26-24(23)29)28-9-11-30-12-10-28;1-2/h3-8,13,15-16H,9-12H2,1-2H3;1-2H3. The van der Waals surface area contributed by atoms with E-state index in [1.54, 1.807) is 11.9 Å². The number of rotatable bonds is 4. The first-order chi connectivity index (χ1) is 16.1. The molecule has 33 heavy (non-hydrogen) atoms. The van der Waals surface area contributed by atoms with Gasteiger partial charge in [0.25, 0.3) is 0 Å². The maximum atomic E-state index is 9.46. The van der Waals surface area contributed by atoms with Gasteiger partial charge in [0, 0.05) is 54.8 Å². The van der Waals surface area contributed by atoms with E-state index in [0.29, 0.717) is 5.69 Å². The van der Waals surface area contributed by atoms with E-state index >= 15 is 0 Å². The van der Waals surface area contributed by atoms with Gasteiger partial charge in [0.2, 0.25) is 0 Å². The second kappa shape index (κ2) is 10.2. The van der Waals surface area contributed by atoms with Gasteiger partial charge in [0.1, 0.15) is 11.8 Å². The van der Waals surface area contributed by atoms with Crippen LogP contribution in [0.3, 0.4) is 0 Å². The third-order valence-corrected chi connectivity index (χ3v) is 6.60. The van der Waals surface area contributed by atoms with Gasteiger partial charge in [-0.05, 0) is 43.1 Å². The zero-order chi connectivity index (χ0) is 23.4. The molecule has 4 aromatic rings. The number of ether oxygens (including phenoxy) is 1. The summed E-state index contributed by atoms with van der Waals surface area (Å²) in [4.78, 5) is 8.28. The Kier molecular flexibility index (Phi) is 7.07. The zero-order valence-corrected chi connectivity index (χ0v) is 20.4. The van der Waals surface area contributed by atoms with Crippen LogP contribution in [-0.2, 0) is 11.8 Å². The average molecular weight is 460 g/mol. The fraction of sp³-hybridized carbons (Fsp3) is 0.308. The summed E-state index contributed by atoms with van der Waals surface area (Å²) in [5, 5.41) is 10.6. The molecule has 0 unspecified atom stereocenters. The van der Waals surface area contributed by atoms with Crippen LogP contribution in [0.5, 0.6) is 0 Å². The number of pyridine rings is 1. The van der Waals surface area contributed by atoms with Gasteiger partial charge in [0.15, 0.2) is 5.65 Å². The molecule has 4 heterocycles. The van der Waals surface area contributed by atoms with Crippen LogP contribution in [0.15, 0.2) is 59.9 Å². The molecule has 3 aromatic heterocycles. The number of morpholine rings is 1. The third-order valence-electron chi connectivity index (χ3n) is 5.64. The van der Waals surface area contributed by atoms with Gasteiger partial charge < -0.3 is 14.2 Å². The quantitative estimate of drug-likeness (QED) is 0.395. The number of nitrogens with zero attached hydrogens (tertiary/aromatic N) is 5. The lowest BCUT2D eigenvalue weighted by molar-refractivity contribution is 0.123. The van der Waals surface area contributed by atoms with Gasteiger partial charge in [-0.1, -0.05) is 31.5 Å². The summed E-state index contributed by atoms with van der Waals surface area (Å²) in [5.41, 5.74) is 6.07. The molecule has 6 nitrogen and oxygen atoms in total. The number of aryl methyl sites for hydroxylation is 2. The molecule has 5 rings (SSSR count). The molecule has 170 valence electrons. The number of nitriles is 1. The minimum atomic E-state index is 0.638. The smallest absolute Gasteiger partial charge is 0.152 e. The lowest BCUT2D eigenvalue weighted by atomic mass is 10.1. The van der Waals surface area contributed by atoms with Crippen molar-refractivity contribution >= 4 is 28.7 Å². The van der Waals surface area contributed by atoms with E-state index in [1.807, 2.05) is 43.9 Å². The van der Waals surface area contributed by atoms with Gasteiger partial charge in [-0.3, -0.25) is 3.97 Å². The maximum absolute atomic E-state index is 9.46. The molecule has 1 saturated heterocycles. The Morgan fingerprint density at radius 3 is 2.45 bits per heavy atom. The van der Waals surface area contributed by atoms with E-state index in [4.69, 9.17) is 9.72 Å². The monoisotopic (exact) mass is 459 g/mol. The maximum Gasteiger partial charge on any atom is 0.152 e. The molecule has 0 atom stereocenters. The van der Waals surface area contributed by atoms with Crippen LogP contribution in [0.2, 0.25) is 0 Å². The fourth-order valence-corrected chi connectivity index (χ4v) is 4.87. The summed E-state index contributed by atoms with van der Waals surface area (Å²) in [6.45, 7) is 9.25. The molecule has 0 radical (unpaired) electrons. The summed E-state index contributed by atoms with van der Waals surface area (Å²) >= 11 is 1.65. The largest absolute Gasteiger partial charge is 0.378 e. The van der Waals surface area contributed by atoms with Crippen LogP contribution in [0.1, 0.15) is 25.1 Å². The highest BCUT2D eigenvalue weighted by atomic mass is 32.2. The van der Waals surface area contributed by atoms with Gasteiger partial charge in [-0.15, -0.1) is 0 Å². The topological polar surface area (TPSA) is 59.0 Å². The average Bonchev–Trinajstić information content (AvgIpc) is 3.42. The van der Waals surface area contributed by atoms with E-state index in [0.717, 1.165) is 59.0 Å². The lowest BCUT2D eigenvalue weighted by Gasteiger charge is -2.29. The molecule has 1 aromatic carbocycles. The molecular weight excluding hydrogens is 430 g/mol. The van der Waals surface area contributed by atoms with Crippen LogP contribution >= 0.6 is 11.9 Å². The van der Waals surface area contributed by atoms with E-state index in [2.05, 4.69) is 58.4 Å². The normalized spacial score (nSPS) is 13.5. The van der Waals surface area contributed by atoms with E-state index in [-0.39, 0.29) is 0 Å². The van der Waals surface area contributed by atoms with Crippen molar-refractivity contribution in [1.29, 1.82) is 5.26 Å². The van der Waals surface area contributed by atoms with Crippen LogP contribution in [-0.4, -0.2) is 39.8 Å². The summed E-state index contributed by atoms with van der Waals surface area (Å²) in [5.74, 6) is 0. The molecule has 0 aliphatic carbocycles. The van der Waals surface area contributed by atoms with E-state index < -0.39 is 0 Å². The Bertz CT molecular complexity index is 1280. The number of hydrogen-bond acceptors (Lipinski definition) is 5. The molecule has 1 fully saturated rings. The van der Waals surface area contributed by atoms with Crippen LogP contribution in [0.4, 0.5) is 5.69 Å². The molecule has 0 N–H and O–H groups in total. The van der Waals surface area contributed by atoms with Crippen molar-refractivity contribution in [2.24, 2.45) is 7.05 Å². The lowest BCUT2D eigenvalue weighted by Crippen LogP contribution is -2.36. The predicted molar refractivity (Wildman–Crippen MR) is 136 cm³/mol. The third kappa shape index (κ3) is 4.63. The minimum Gasteiger partial charge on any atom is -0.378 e. The molecule has 1 aliphatic heterocycles. The SMILES string of the molecule is CC.Cc1ccc(Sn2cc(-c3cc(C#N)n(C)c3)c3c(N4CCOCC4)ccnc32)cc1. The molecular formula is C26H29N5OS. The van der Waals surface area contributed by atoms with Crippen molar-refractivity contribution < 1.29 is 4.74 Å². The van der Waals surface area contributed by atoms with Crippen LogP contribution < -0.4 is 4.90 Å². The van der Waals surface area contributed by atoms with Gasteiger partial charge >= 0.3 is 0 Å². The number of benzene rings is 1. The van der Waals surface area contributed by atoms with Crippen molar-refractivity contribution in [3.63, 3.8) is 0 Å². The number of aromatic nitrogens is 3. The highest BCUT2D eigenvalue weighted by Crippen LogP contribution is 2.40. The number of fused-ring (bicyclic) bond motifs is 1. The molecule has 7 heteroatoms. The summed E-state index contributed by atoms with van der Waals surface area (Å²) < 4.78 is 9.58. The Morgan fingerprint density at radius 2 is 1.79 bits per heavy atom. The number of hydrogen-bond donors (Lipinski definition) is 0. The molecule has 0 bridgehead atoms. The highest BCUT2D eigenvalue weighted by molar-refractivity contribution is 7.98. The molecule has 0 amide bonds. The van der Waals surface area contributed by atoms with E-state index in [1.165, 1.54) is 5.56 Å². The van der Waals surface area contributed by atoms with E-state index in [9.17, 15) is 5.26 Å². The summed E-state index contributed by atoms with van der Waals surface area (Å²) in [7, 11) is 1.91. The highest BCUT2D eigenvalue weighted by Gasteiger charge is 2.22. The zero-order valence-electron chi connectivity index (χ0n) is 19.6. The van der Waals surface area contributed by atoms with Crippen molar-refractivity contribution in [3.8, 4) is 17.2 Å². The van der Waals surface area contributed by atoms with Crippen molar-refractivity contribution in [2.45, 2.75) is 25.7 Å². The summed E-state index contributed by atoms with van der Waals surface area (Å²) in [6.07, 6.45) is 6.04. The second-order valence-electron chi connectivity index (χ2n) is 7.74. The molecule has 0 saturated carbocycles. The Balaban J connectivity index is 0.00000126. The Labute approximate surface area is 199 Å². The Hall–Kier alpha value is -3.21. The van der Waals surface area contributed by atoms with Gasteiger partial charge in [0.05, 0.1) is 24.3 Å². The first-order valence-electron chi connectivity index (χ1n) is 11.3. The van der Waals surface area contributed by atoms with Crippen molar-refractivity contribution in [2.75, 3.05) is 31.2 Å². The second-order valence-corrected chi connectivity index (χ2v) is 8.79. The molecule has 1 aliphatic rings. The Morgan fingerprint density at radius 1 is 1.06 bits per heavy atom. The van der Waals surface area contributed by atoms with Crippen LogP contribution in [0, 0.1) is 18.3 Å². The minimum absolute atomic E-state index is 0.638. The van der Waals surface area contributed by atoms with Gasteiger partial charge in [-0.2, -0.15) is 5.26 Å². The summed E-state index contributed by atoms with van der Waals surface area (Å²) in [6, 6.07) is 14.8. The van der Waals surface area contributed by atoms with Gasteiger partial charge in [-0.25, -0.2) is 4.98 Å². The van der Waals surface area contributed by atoms with Crippen molar-refractivity contribution in [3.05, 3.63) is 66.2 Å². The molecule has 0 spiro atoms. The van der Waals surface area contributed by atoms with Crippen LogP contribution in [0.25, 0.3) is 22.2 Å². The van der Waals surface area contributed by atoms with Crippen molar-refractivity contribution in [1.82, 2.24) is 13.5 Å². The fourth-order valence-electron chi connectivity index (χ4n) is 4.00. The number of anilines is 1. The first kappa shape index (κ1) is 23.0. The first-order valence-corrected chi connectivity index (χ1v) is 12.1. The predicted octanol–water partition coefficient (Wildman–Crippen LogP) is 5.64.